The molecular weight excluding hydrogens is 224 g/mol. The fourth-order valence-electron chi connectivity index (χ4n) is 2.10. The van der Waals surface area contributed by atoms with Gasteiger partial charge in [0.1, 0.15) is 11.3 Å². The lowest BCUT2D eigenvalue weighted by atomic mass is 10.1. The highest BCUT2D eigenvalue weighted by Gasteiger charge is 2.09. The minimum atomic E-state index is 0.562. The van der Waals surface area contributed by atoms with Crippen LogP contribution in [0.2, 0.25) is 0 Å². The summed E-state index contributed by atoms with van der Waals surface area (Å²) in [6.45, 7) is 0.562. The lowest BCUT2D eigenvalue weighted by Gasteiger charge is -2.03. The molecule has 90 valence electrons. The predicted molar refractivity (Wildman–Crippen MR) is 71.8 cm³/mol. The molecule has 3 rings (SSSR count). The molecule has 0 spiro atoms. The van der Waals surface area contributed by atoms with Gasteiger partial charge in [0.15, 0.2) is 0 Å². The number of imidazole rings is 1. The van der Waals surface area contributed by atoms with Crippen LogP contribution in [0.25, 0.3) is 22.4 Å². The highest BCUT2D eigenvalue weighted by molar-refractivity contribution is 5.79. The van der Waals surface area contributed by atoms with Gasteiger partial charge >= 0.3 is 0 Å². The van der Waals surface area contributed by atoms with Crippen molar-refractivity contribution in [3.8, 4) is 11.4 Å². The summed E-state index contributed by atoms with van der Waals surface area (Å²) >= 11 is 0. The summed E-state index contributed by atoms with van der Waals surface area (Å²) in [5.74, 6) is 0.946. The maximum absolute atomic E-state index is 5.60. The van der Waals surface area contributed by atoms with Gasteiger partial charge in [-0.25, -0.2) is 4.98 Å². The number of hydrogen-bond acceptors (Lipinski definition) is 3. The van der Waals surface area contributed by atoms with Crippen molar-refractivity contribution in [2.45, 2.75) is 6.54 Å². The number of nitrogens with two attached hydrogens (primary N) is 1. The third-order valence-electron chi connectivity index (χ3n) is 3.13. The molecule has 2 heterocycles. The second-order valence-corrected chi connectivity index (χ2v) is 4.26. The third-order valence-corrected chi connectivity index (χ3v) is 3.13. The summed E-state index contributed by atoms with van der Waals surface area (Å²) in [7, 11) is 2.02. The van der Waals surface area contributed by atoms with Gasteiger partial charge in [-0.3, -0.25) is 4.98 Å². The summed E-state index contributed by atoms with van der Waals surface area (Å²) in [5, 5.41) is 0. The van der Waals surface area contributed by atoms with Crippen LogP contribution in [0.4, 0.5) is 0 Å². The van der Waals surface area contributed by atoms with Crippen LogP contribution >= 0.6 is 0 Å². The Kier molecular flexibility index (Phi) is 2.57. The maximum atomic E-state index is 5.60. The zero-order valence-electron chi connectivity index (χ0n) is 10.2. The summed E-state index contributed by atoms with van der Waals surface area (Å²) < 4.78 is 2.08. The van der Waals surface area contributed by atoms with Gasteiger partial charge in [0.25, 0.3) is 0 Å². The van der Waals surface area contributed by atoms with Gasteiger partial charge in [0.2, 0.25) is 0 Å². The van der Waals surface area contributed by atoms with Crippen molar-refractivity contribution < 1.29 is 0 Å². The first-order valence-corrected chi connectivity index (χ1v) is 5.85. The van der Waals surface area contributed by atoms with E-state index in [0.29, 0.717) is 6.54 Å². The molecule has 0 saturated carbocycles. The molecule has 1 aromatic carbocycles. The number of nitrogens with zero attached hydrogens (tertiary/aromatic N) is 3. The van der Waals surface area contributed by atoms with Crippen molar-refractivity contribution in [2.24, 2.45) is 12.8 Å². The highest BCUT2D eigenvalue weighted by atomic mass is 15.1. The molecule has 0 atom stereocenters. The van der Waals surface area contributed by atoms with Gasteiger partial charge in [-0.1, -0.05) is 24.3 Å². The molecule has 0 unspecified atom stereocenters. The normalized spacial score (nSPS) is 11.0. The number of rotatable bonds is 2. The van der Waals surface area contributed by atoms with Crippen LogP contribution in [-0.2, 0) is 13.6 Å². The van der Waals surface area contributed by atoms with E-state index in [-0.39, 0.29) is 0 Å². The standard InChI is InChI=1S/C14H14N4/c1-18-13-6-7-16-9-12(13)17-14(18)11-4-2-10(8-15)3-5-11/h2-7,9H,8,15H2,1H3. The van der Waals surface area contributed by atoms with Gasteiger partial charge < -0.3 is 10.3 Å². The van der Waals surface area contributed by atoms with E-state index in [1.54, 1.807) is 12.4 Å². The molecule has 0 aliphatic heterocycles. The molecule has 4 heteroatoms. The average Bonchev–Trinajstić information content (AvgIpc) is 2.77. The Balaban J connectivity index is 2.15. The van der Waals surface area contributed by atoms with Crippen molar-refractivity contribution in [3.05, 3.63) is 48.3 Å². The number of pyridine rings is 1. The van der Waals surface area contributed by atoms with E-state index in [2.05, 4.69) is 26.7 Å². The Morgan fingerprint density at radius 1 is 1.17 bits per heavy atom. The highest BCUT2D eigenvalue weighted by Crippen LogP contribution is 2.23. The van der Waals surface area contributed by atoms with E-state index in [1.807, 2.05) is 25.2 Å². The van der Waals surface area contributed by atoms with E-state index in [0.717, 1.165) is 28.0 Å². The smallest absolute Gasteiger partial charge is 0.140 e. The van der Waals surface area contributed by atoms with Crippen LogP contribution in [0.1, 0.15) is 5.56 Å². The predicted octanol–water partition coefficient (Wildman–Crippen LogP) is 2.09. The topological polar surface area (TPSA) is 56.7 Å². The Morgan fingerprint density at radius 2 is 1.94 bits per heavy atom. The van der Waals surface area contributed by atoms with Crippen LogP contribution in [-0.4, -0.2) is 14.5 Å². The van der Waals surface area contributed by atoms with E-state index in [9.17, 15) is 0 Å². The van der Waals surface area contributed by atoms with Gasteiger partial charge in [-0.2, -0.15) is 0 Å². The Labute approximate surface area is 105 Å². The first-order valence-electron chi connectivity index (χ1n) is 5.85. The molecule has 2 N–H and O–H groups in total. The van der Waals surface area contributed by atoms with Gasteiger partial charge in [0.05, 0.1) is 11.7 Å². The Morgan fingerprint density at radius 3 is 2.61 bits per heavy atom. The summed E-state index contributed by atoms with van der Waals surface area (Å²) in [6, 6.07) is 10.1. The quantitative estimate of drug-likeness (QED) is 0.743. The average molecular weight is 238 g/mol. The van der Waals surface area contributed by atoms with Crippen LogP contribution in [0.15, 0.2) is 42.7 Å². The lowest BCUT2D eigenvalue weighted by Crippen LogP contribution is -1.96. The van der Waals surface area contributed by atoms with E-state index < -0.39 is 0 Å². The molecule has 0 fully saturated rings. The van der Waals surface area contributed by atoms with Gasteiger partial charge in [-0.05, 0) is 11.6 Å². The van der Waals surface area contributed by atoms with E-state index in [4.69, 9.17) is 5.73 Å². The van der Waals surface area contributed by atoms with Crippen LogP contribution < -0.4 is 5.73 Å². The maximum Gasteiger partial charge on any atom is 0.140 e. The molecule has 0 amide bonds. The van der Waals surface area contributed by atoms with Gasteiger partial charge in [0, 0.05) is 25.4 Å². The zero-order valence-corrected chi connectivity index (χ0v) is 10.2. The molecule has 0 aliphatic rings. The molecule has 18 heavy (non-hydrogen) atoms. The molecule has 0 saturated heterocycles. The summed E-state index contributed by atoms with van der Waals surface area (Å²) in [5.41, 5.74) is 9.81. The second kappa shape index (κ2) is 4.23. The van der Waals surface area contributed by atoms with E-state index >= 15 is 0 Å². The minimum Gasteiger partial charge on any atom is -0.327 e. The molecule has 0 aliphatic carbocycles. The van der Waals surface area contributed by atoms with Crippen molar-refractivity contribution in [1.29, 1.82) is 0 Å². The number of aryl methyl sites for hydroxylation is 1. The number of fused-ring (bicyclic) bond motifs is 1. The van der Waals surface area contributed by atoms with Crippen LogP contribution in [0, 0.1) is 0 Å². The molecular formula is C14H14N4. The van der Waals surface area contributed by atoms with Crippen molar-refractivity contribution >= 4 is 11.0 Å². The third kappa shape index (κ3) is 1.67. The van der Waals surface area contributed by atoms with Crippen molar-refractivity contribution in [1.82, 2.24) is 14.5 Å². The fraction of sp³-hybridized carbons (Fsp3) is 0.143. The molecule has 2 aromatic heterocycles. The first-order chi connectivity index (χ1) is 8.79. The fourth-order valence-corrected chi connectivity index (χ4v) is 2.10. The van der Waals surface area contributed by atoms with Crippen LogP contribution in [0.3, 0.4) is 0 Å². The lowest BCUT2D eigenvalue weighted by molar-refractivity contribution is 0.958. The SMILES string of the molecule is Cn1c(-c2ccc(CN)cc2)nc2cnccc21. The van der Waals surface area contributed by atoms with Crippen molar-refractivity contribution in [3.63, 3.8) is 0 Å². The minimum absolute atomic E-state index is 0.562. The van der Waals surface area contributed by atoms with Crippen LogP contribution in [0.5, 0.6) is 0 Å². The number of benzene rings is 1. The largest absolute Gasteiger partial charge is 0.327 e. The zero-order chi connectivity index (χ0) is 12.5. The monoisotopic (exact) mass is 238 g/mol. The first kappa shape index (κ1) is 10.9. The van der Waals surface area contributed by atoms with E-state index in [1.165, 1.54) is 0 Å². The number of hydrogen-bond donors (Lipinski definition) is 1. The summed E-state index contributed by atoms with van der Waals surface area (Å²) in [6.07, 6.45) is 3.57. The Hall–Kier alpha value is -2.20. The number of aromatic nitrogens is 3. The molecule has 3 aromatic rings. The molecule has 0 bridgehead atoms. The second-order valence-electron chi connectivity index (χ2n) is 4.26. The van der Waals surface area contributed by atoms with Crippen molar-refractivity contribution in [2.75, 3.05) is 0 Å². The van der Waals surface area contributed by atoms with Gasteiger partial charge in [-0.15, -0.1) is 0 Å². The Bertz CT molecular complexity index is 683. The molecule has 4 nitrogen and oxygen atoms in total. The summed E-state index contributed by atoms with van der Waals surface area (Å²) in [4.78, 5) is 8.70. The molecule has 0 radical (unpaired) electrons.